The lowest BCUT2D eigenvalue weighted by atomic mass is 9.78. The molecule has 0 aromatic carbocycles. The van der Waals surface area contributed by atoms with Gasteiger partial charge < -0.3 is 10.2 Å². The minimum atomic E-state index is -0.278. The van der Waals surface area contributed by atoms with Gasteiger partial charge in [0.25, 0.3) is 0 Å². The lowest BCUT2D eigenvalue weighted by molar-refractivity contribution is -0.0359. The van der Waals surface area contributed by atoms with Gasteiger partial charge in [-0.15, -0.1) is 0 Å². The average molecular weight is 186 g/mol. The molecule has 0 aliphatic heterocycles. The highest BCUT2D eigenvalue weighted by atomic mass is 16.3. The smallest absolute Gasteiger partial charge is 0.0645 e. The Hall–Kier alpha value is -0.0800. The summed E-state index contributed by atoms with van der Waals surface area (Å²) in [5.74, 6) is 0. The van der Waals surface area contributed by atoms with Gasteiger partial charge in [-0.1, -0.05) is 6.92 Å². The summed E-state index contributed by atoms with van der Waals surface area (Å²) in [6.07, 6.45) is 7.46. The van der Waals surface area contributed by atoms with Gasteiger partial charge in [0, 0.05) is 0 Å². The van der Waals surface area contributed by atoms with Crippen LogP contribution in [0.5, 0.6) is 0 Å². The average Bonchev–Trinajstić information content (AvgIpc) is 1.99. The summed E-state index contributed by atoms with van der Waals surface area (Å²) in [4.78, 5) is 0. The maximum Gasteiger partial charge on any atom is 0.0645 e. The second-order valence-corrected chi connectivity index (χ2v) is 4.78. The molecule has 0 unspecified atom stereocenters. The maximum atomic E-state index is 9.22. The monoisotopic (exact) mass is 186 g/mol. The highest BCUT2D eigenvalue weighted by Gasteiger charge is 2.31. The van der Waals surface area contributed by atoms with E-state index >= 15 is 0 Å². The molecule has 2 rings (SSSR count). The Kier molecular flexibility index (Phi) is 3.36. The Morgan fingerprint density at radius 3 is 1.38 bits per heavy atom. The van der Waals surface area contributed by atoms with E-state index in [1.54, 1.807) is 0 Å². The summed E-state index contributed by atoms with van der Waals surface area (Å²) < 4.78 is 0. The van der Waals surface area contributed by atoms with Crippen LogP contribution in [0.15, 0.2) is 0 Å². The van der Waals surface area contributed by atoms with Crippen molar-refractivity contribution >= 4 is 0 Å². The van der Waals surface area contributed by atoms with Crippen LogP contribution >= 0.6 is 0 Å². The Morgan fingerprint density at radius 1 is 1.00 bits per heavy atom. The van der Waals surface area contributed by atoms with E-state index in [4.69, 9.17) is 5.11 Å². The van der Waals surface area contributed by atoms with E-state index in [0.717, 1.165) is 32.1 Å². The van der Waals surface area contributed by atoms with Crippen molar-refractivity contribution in [1.29, 1.82) is 0 Å². The standard InChI is InChI=1S/C6H12O.C5H10O/c1-2-6(7)4-3-5-6;1-5(6)3-2-4-5/h7H,2-5H2,1H3;6H,2-4H2,1H3. The maximum absolute atomic E-state index is 9.22. The van der Waals surface area contributed by atoms with Crippen LogP contribution in [0.3, 0.4) is 0 Å². The Bertz CT molecular complexity index is 148. The molecule has 2 fully saturated rings. The van der Waals surface area contributed by atoms with Gasteiger partial charge in [0.1, 0.15) is 0 Å². The van der Waals surface area contributed by atoms with Gasteiger partial charge in [0.05, 0.1) is 11.2 Å². The first kappa shape index (κ1) is 11.0. The molecule has 2 N–H and O–H groups in total. The molecule has 13 heavy (non-hydrogen) atoms. The van der Waals surface area contributed by atoms with Crippen LogP contribution in [0.4, 0.5) is 0 Å². The van der Waals surface area contributed by atoms with Crippen LogP contribution in [-0.4, -0.2) is 21.4 Å². The zero-order valence-corrected chi connectivity index (χ0v) is 8.84. The largest absolute Gasteiger partial charge is 0.390 e. The molecule has 0 amide bonds. The molecule has 0 saturated heterocycles. The van der Waals surface area contributed by atoms with E-state index in [1.807, 2.05) is 13.8 Å². The summed E-state index contributed by atoms with van der Waals surface area (Å²) >= 11 is 0. The van der Waals surface area contributed by atoms with Gasteiger partial charge in [-0.25, -0.2) is 0 Å². The van der Waals surface area contributed by atoms with Crippen molar-refractivity contribution in [3.05, 3.63) is 0 Å². The Morgan fingerprint density at radius 2 is 1.38 bits per heavy atom. The third-order valence-electron chi connectivity index (χ3n) is 3.37. The fraction of sp³-hybridized carbons (Fsp3) is 1.00. The van der Waals surface area contributed by atoms with Crippen molar-refractivity contribution in [3.63, 3.8) is 0 Å². The molecular weight excluding hydrogens is 164 g/mol. The Balaban J connectivity index is 0.000000132. The van der Waals surface area contributed by atoms with E-state index < -0.39 is 0 Å². The molecule has 0 heterocycles. The molecular formula is C11H22O2. The topological polar surface area (TPSA) is 40.5 Å². The molecule has 2 nitrogen and oxygen atoms in total. The van der Waals surface area contributed by atoms with Crippen LogP contribution in [0.1, 0.15) is 58.8 Å². The number of hydrogen-bond donors (Lipinski definition) is 2. The predicted molar refractivity (Wildman–Crippen MR) is 53.6 cm³/mol. The first-order chi connectivity index (χ1) is 5.97. The van der Waals surface area contributed by atoms with E-state index in [9.17, 15) is 5.11 Å². The van der Waals surface area contributed by atoms with Gasteiger partial charge in [0.15, 0.2) is 0 Å². The molecule has 0 aromatic rings. The van der Waals surface area contributed by atoms with Crippen molar-refractivity contribution < 1.29 is 10.2 Å². The first-order valence-electron chi connectivity index (χ1n) is 5.42. The molecule has 0 radical (unpaired) electrons. The summed E-state index contributed by atoms with van der Waals surface area (Å²) in [6.45, 7) is 3.93. The van der Waals surface area contributed by atoms with Crippen LogP contribution < -0.4 is 0 Å². The second kappa shape index (κ2) is 3.97. The summed E-state index contributed by atoms with van der Waals surface area (Å²) in [5.41, 5.74) is -0.514. The number of rotatable bonds is 1. The predicted octanol–water partition coefficient (Wildman–Crippen LogP) is 2.23. The third-order valence-corrected chi connectivity index (χ3v) is 3.37. The lowest BCUT2D eigenvalue weighted by Gasteiger charge is -2.35. The van der Waals surface area contributed by atoms with Crippen LogP contribution in [0.25, 0.3) is 0 Å². The van der Waals surface area contributed by atoms with Crippen molar-refractivity contribution in [2.24, 2.45) is 0 Å². The highest BCUT2D eigenvalue weighted by molar-refractivity contribution is 4.85. The molecule has 78 valence electrons. The molecule has 0 bridgehead atoms. The summed E-state index contributed by atoms with van der Waals surface area (Å²) in [5, 5.41) is 18.1. The van der Waals surface area contributed by atoms with Gasteiger partial charge in [-0.2, -0.15) is 0 Å². The van der Waals surface area contributed by atoms with Crippen molar-refractivity contribution in [2.45, 2.75) is 70.0 Å². The van der Waals surface area contributed by atoms with E-state index in [2.05, 4.69) is 0 Å². The quantitative estimate of drug-likeness (QED) is 0.659. The van der Waals surface area contributed by atoms with Gasteiger partial charge in [-0.05, 0) is 51.9 Å². The molecule has 0 atom stereocenters. The molecule has 2 aliphatic carbocycles. The normalized spacial score (nSPS) is 27.7. The minimum absolute atomic E-state index is 0.236. The van der Waals surface area contributed by atoms with Crippen molar-refractivity contribution in [1.82, 2.24) is 0 Å². The van der Waals surface area contributed by atoms with Crippen LogP contribution in [-0.2, 0) is 0 Å². The fourth-order valence-corrected chi connectivity index (χ4v) is 1.63. The zero-order chi connectivity index (χ0) is 9.95. The van der Waals surface area contributed by atoms with Crippen molar-refractivity contribution in [2.75, 3.05) is 0 Å². The number of hydrogen-bond acceptors (Lipinski definition) is 2. The second-order valence-electron chi connectivity index (χ2n) is 4.78. The summed E-state index contributed by atoms with van der Waals surface area (Å²) in [6, 6.07) is 0. The first-order valence-corrected chi connectivity index (χ1v) is 5.42. The highest BCUT2D eigenvalue weighted by Crippen LogP contribution is 2.33. The minimum Gasteiger partial charge on any atom is -0.390 e. The van der Waals surface area contributed by atoms with Crippen molar-refractivity contribution in [3.8, 4) is 0 Å². The SMILES string of the molecule is CC1(O)CCC1.CCC1(O)CCC1. The van der Waals surface area contributed by atoms with Crippen LogP contribution in [0, 0.1) is 0 Å². The van der Waals surface area contributed by atoms with E-state index in [0.29, 0.717) is 0 Å². The molecule has 2 saturated carbocycles. The van der Waals surface area contributed by atoms with E-state index in [-0.39, 0.29) is 11.2 Å². The zero-order valence-electron chi connectivity index (χ0n) is 8.84. The van der Waals surface area contributed by atoms with Gasteiger partial charge >= 0.3 is 0 Å². The van der Waals surface area contributed by atoms with Gasteiger partial charge in [0.2, 0.25) is 0 Å². The molecule has 0 aromatic heterocycles. The Labute approximate surface area is 81.0 Å². The molecule has 0 spiro atoms. The molecule has 2 heteroatoms. The van der Waals surface area contributed by atoms with E-state index in [1.165, 1.54) is 12.8 Å². The van der Waals surface area contributed by atoms with Gasteiger partial charge in [-0.3, -0.25) is 0 Å². The number of aliphatic hydroxyl groups is 2. The molecule has 2 aliphatic rings. The lowest BCUT2D eigenvalue weighted by Crippen LogP contribution is -2.35. The fourth-order valence-electron chi connectivity index (χ4n) is 1.63. The third kappa shape index (κ3) is 3.28. The van der Waals surface area contributed by atoms with Crippen LogP contribution in [0.2, 0.25) is 0 Å². The summed E-state index contributed by atoms with van der Waals surface area (Å²) in [7, 11) is 0.